The molecule has 2 aromatic rings. The number of amides is 1. The maximum atomic E-state index is 12.4. The van der Waals surface area contributed by atoms with Gasteiger partial charge in [-0.1, -0.05) is 0 Å². The van der Waals surface area contributed by atoms with Gasteiger partial charge in [-0.05, 0) is 32.0 Å². The van der Waals surface area contributed by atoms with Crippen molar-refractivity contribution in [2.45, 2.75) is 33.0 Å². The molecule has 1 atom stereocenters. The number of quaternary nitrogens is 1. The lowest BCUT2D eigenvalue weighted by atomic mass is 10.1. The number of thiazole rings is 1. The number of hydrogen-bond donors (Lipinski definition) is 2. The smallest absolute Gasteiger partial charge is 0.387 e. The molecular formula is C18H24F2N3O3S+. The number of ether oxygens (including phenoxy) is 2. The largest absolute Gasteiger partial charge is 0.493 e. The molecule has 148 valence electrons. The highest BCUT2D eigenvalue weighted by Crippen LogP contribution is 2.33. The number of methoxy groups -OCH3 is 1. The van der Waals surface area contributed by atoms with Gasteiger partial charge in [-0.3, -0.25) is 4.79 Å². The van der Waals surface area contributed by atoms with E-state index < -0.39 is 6.61 Å². The number of aromatic nitrogens is 1. The second kappa shape index (κ2) is 9.61. The highest BCUT2D eigenvalue weighted by atomic mass is 32.1. The summed E-state index contributed by atoms with van der Waals surface area (Å²) in [5.74, 6) is 0.195. The van der Waals surface area contributed by atoms with Crippen molar-refractivity contribution in [2.75, 3.05) is 20.7 Å². The first-order valence-electron chi connectivity index (χ1n) is 8.46. The first kappa shape index (κ1) is 21.0. The quantitative estimate of drug-likeness (QED) is 0.676. The Hall–Kier alpha value is -2.26. The van der Waals surface area contributed by atoms with Crippen LogP contribution in [0.15, 0.2) is 23.6 Å². The first-order valence-corrected chi connectivity index (χ1v) is 9.34. The third kappa shape index (κ3) is 6.44. The third-order valence-corrected chi connectivity index (χ3v) is 4.44. The van der Waals surface area contributed by atoms with Gasteiger partial charge in [0.2, 0.25) is 0 Å². The summed E-state index contributed by atoms with van der Waals surface area (Å²) in [7, 11) is 3.32. The van der Waals surface area contributed by atoms with Crippen LogP contribution in [0.4, 0.5) is 8.78 Å². The fraction of sp³-hybridized carbons (Fsp3) is 0.444. The van der Waals surface area contributed by atoms with Crippen molar-refractivity contribution in [3.63, 3.8) is 0 Å². The minimum absolute atomic E-state index is 0.00126. The Morgan fingerprint density at radius 3 is 2.70 bits per heavy atom. The SMILES string of the molecule is COc1cc(-c2csc(C[NH+](C)CC(=O)NC(C)C)n2)ccc1OC(F)F. The Morgan fingerprint density at radius 2 is 2.07 bits per heavy atom. The number of carbonyl (C=O) groups is 1. The lowest BCUT2D eigenvalue weighted by molar-refractivity contribution is -0.885. The van der Waals surface area contributed by atoms with Crippen molar-refractivity contribution in [2.24, 2.45) is 0 Å². The molecule has 9 heteroatoms. The van der Waals surface area contributed by atoms with Crippen molar-refractivity contribution in [3.05, 3.63) is 28.6 Å². The Kier molecular flexibility index (Phi) is 7.49. The molecule has 1 amide bonds. The van der Waals surface area contributed by atoms with Crippen molar-refractivity contribution in [1.82, 2.24) is 10.3 Å². The minimum atomic E-state index is -2.91. The summed E-state index contributed by atoms with van der Waals surface area (Å²) in [6, 6.07) is 4.82. The minimum Gasteiger partial charge on any atom is -0.493 e. The maximum Gasteiger partial charge on any atom is 0.387 e. The van der Waals surface area contributed by atoms with Crippen LogP contribution in [-0.2, 0) is 11.3 Å². The summed E-state index contributed by atoms with van der Waals surface area (Å²) in [4.78, 5) is 17.4. The van der Waals surface area contributed by atoms with E-state index in [2.05, 4.69) is 15.0 Å². The number of rotatable bonds is 9. The van der Waals surface area contributed by atoms with Gasteiger partial charge in [0.25, 0.3) is 5.91 Å². The molecule has 27 heavy (non-hydrogen) atoms. The lowest BCUT2D eigenvalue weighted by Gasteiger charge is -2.13. The molecule has 0 saturated heterocycles. The Balaban J connectivity index is 2.05. The molecule has 0 aliphatic heterocycles. The van der Waals surface area contributed by atoms with Gasteiger partial charge in [0, 0.05) is 17.0 Å². The summed E-state index contributed by atoms with van der Waals surface area (Å²) in [6.45, 7) is 1.90. The summed E-state index contributed by atoms with van der Waals surface area (Å²) in [6.07, 6.45) is 0. The van der Waals surface area contributed by atoms with E-state index in [1.807, 2.05) is 26.3 Å². The monoisotopic (exact) mass is 400 g/mol. The van der Waals surface area contributed by atoms with E-state index in [0.717, 1.165) is 21.2 Å². The zero-order chi connectivity index (χ0) is 20.0. The molecule has 0 spiro atoms. The molecule has 1 aromatic heterocycles. The van der Waals surface area contributed by atoms with Crippen LogP contribution < -0.4 is 19.7 Å². The average Bonchev–Trinajstić information content (AvgIpc) is 3.02. The molecule has 6 nitrogen and oxygen atoms in total. The summed E-state index contributed by atoms with van der Waals surface area (Å²) in [5, 5.41) is 5.64. The molecular weight excluding hydrogens is 376 g/mol. The van der Waals surface area contributed by atoms with Crippen LogP contribution >= 0.6 is 11.3 Å². The number of likely N-dealkylation sites (N-methyl/N-ethyl adjacent to an activating group) is 1. The van der Waals surface area contributed by atoms with E-state index >= 15 is 0 Å². The highest BCUT2D eigenvalue weighted by molar-refractivity contribution is 7.09. The third-order valence-electron chi connectivity index (χ3n) is 3.59. The number of halogens is 2. The average molecular weight is 400 g/mol. The van der Waals surface area contributed by atoms with Crippen LogP contribution in [0.25, 0.3) is 11.3 Å². The molecule has 2 N–H and O–H groups in total. The maximum absolute atomic E-state index is 12.4. The predicted octanol–water partition coefficient (Wildman–Crippen LogP) is 1.96. The topological polar surface area (TPSA) is 64.9 Å². The molecule has 0 radical (unpaired) electrons. The highest BCUT2D eigenvalue weighted by Gasteiger charge is 2.16. The van der Waals surface area contributed by atoms with Gasteiger partial charge in [-0.2, -0.15) is 8.78 Å². The van der Waals surface area contributed by atoms with Crippen molar-refractivity contribution >= 4 is 17.2 Å². The van der Waals surface area contributed by atoms with E-state index in [0.29, 0.717) is 13.1 Å². The molecule has 1 unspecified atom stereocenters. The normalized spacial score (nSPS) is 12.3. The van der Waals surface area contributed by atoms with Crippen LogP contribution in [0.2, 0.25) is 0 Å². The molecule has 0 aliphatic rings. The van der Waals surface area contributed by atoms with Crippen LogP contribution in [0, 0.1) is 0 Å². The number of carbonyl (C=O) groups excluding carboxylic acids is 1. The zero-order valence-corrected chi connectivity index (χ0v) is 16.5. The van der Waals surface area contributed by atoms with E-state index in [1.165, 1.54) is 24.5 Å². The van der Waals surface area contributed by atoms with Crippen LogP contribution in [0.5, 0.6) is 11.5 Å². The van der Waals surface area contributed by atoms with Crippen LogP contribution in [0.3, 0.4) is 0 Å². The van der Waals surface area contributed by atoms with E-state index in [1.54, 1.807) is 12.1 Å². The van der Waals surface area contributed by atoms with E-state index in [-0.39, 0.29) is 23.4 Å². The Morgan fingerprint density at radius 1 is 1.33 bits per heavy atom. The van der Waals surface area contributed by atoms with Crippen molar-refractivity contribution in [3.8, 4) is 22.8 Å². The van der Waals surface area contributed by atoms with Gasteiger partial charge in [-0.15, -0.1) is 11.3 Å². The van der Waals surface area contributed by atoms with Gasteiger partial charge in [-0.25, -0.2) is 4.98 Å². The van der Waals surface area contributed by atoms with Gasteiger partial charge < -0.3 is 19.7 Å². The fourth-order valence-corrected chi connectivity index (χ4v) is 3.43. The van der Waals surface area contributed by atoms with E-state index in [4.69, 9.17) is 4.74 Å². The summed E-state index contributed by atoms with van der Waals surface area (Å²) in [5.41, 5.74) is 1.46. The molecule has 0 aliphatic carbocycles. The number of hydrogen-bond acceptors (Lipinski definition) is 5. The molecule has 1 aromatic carbocycles. The summed E-state index contributed by atoms with van der Waals surface area (Å²) < 4.78 is 34.4. The molecule has 0 fully saturated rings. The first-order chi connectivity index (χ1) is 12.8. The Labute approximate surface area is 161 Å². The number of alkyl halides is 2. The fourth-order valence-electron chi connectivity index (χ4n) is 2.51. The van der Waals surface area contributed by atoms with Crippen molar-refractivity contribution in [1.29, 1.82) is 0 Å². The van der Waals surface area contributed by atoms with Crippen LogP contribution in [-0.4, -0.2) is 44.2 Å². The van der Waals surface area contributed by atoms with E-state index in [9.17, 15) is 13.6 Å². The van der Waals surface area contributed by atoms with Gasteiger partial charge >= 0.3 is 6.61 Å². The molecule has 0 saturated carbocycles. The zero-order valence-electron chi connectivity index (χ0n) is 15.7. The van der Waals surface area contributed by atoms with Gasteiger partial charge in [0.15, 0.2) is 18.0 Å². The molecule has 1 heterocycles. The van der Waals surface area contributed by atoms with Gasteiger partial charge in [0.05, 0.1) is 19.9 Å². The molecule has 0 bridgehead atoms. The second-order valence-corrected chi connectivity index (χ2v) is 7.35. The Bertz CT molecular complexity index is 768. The number of benzene rings is 1. The summed E-state index contributed by atoms with van der Waals surface area (Å²) >= 11 is 1.49. The van der Waals surface area contributed by atoms with Crippen molar-refractivity contribution < 1.29 is 27.9 Å². The second-order valence-electron chi connectivity index (χ2n) is 6.40. The predicted molar refractivity (Wildman–Crippen MR) is 99.5 cm³/mol. The standard InChI is InChI=1S/C18H23F2N3O3S/c1-11(2)21-16(24)8-23(3)9-17-22-13(10-27-17)12-5-6-14(26-18(19)20)15(7-12)25-4/h5-7,10-11,18H,8-9H2,1-4H3,(H,21,24)/p+1. The molecule has 2 rings (SSSR count). The lowest BCUT2D eigenvalue weighted by Crippen LogP contribution is -3.09. The van der Waals surface area contributed by atoms with Gasteiger partial charge in [0.1, 0.15) is 11.6 Å². The number of nitrogens with one attached hydrogen (secondary N) is 2. The number of nitrogens with zero attached hydrogens (tertiary/aromatic N) is 1. The van der Waals surface area contributed by atoms with Crippen LogP contribution in [0.1, 0.15) is 18.9 Å².